The average molecular weight is 304 g/mol. The van der Waals surface area contributed by atoms with Crippen molar-refractivity contribution in [2.24, 2.45) is 28.7 Å². The van der Waals surface area contributed by atoms with Crippen molar-refractivity contribution in [3.05, 3.63) is 24.8 Å². The minimum atomic E-state index is -0.396. The van der Waals surface area contributed by atoms with Gasteiger partial charge >= 0.3 is 0 Å². The molecule has 3 aliphatic carbocycles. The van der Waals surface area contributed by atoms with Gasteiger partial charge in [0.15, 0.2) is 0 Å². The zero-order valence-electron chi connectivity index (χ0n) is 14.0. The van der Waals surface area contributed by atoms with Crippen LogP contribution in [-0.4, -0.2) is 22.3 Å². The van der Waals surface area contributed by atoms with E-state index in [0.29, 0.717) is 11.8 Å². The van der Waals surface area contributed by atoms with Gasteiger partial charge in [0, 0.05) is 16.5 Å². The summed E-state index contributed by atoms with van der Waals surface area (Å²) in [5.41, 5.74) is 14.5. The summed E-state index contributed by atoms with van der Waals surface area (Å²) in [6.45, 7) is 10.4. The van der Waals surface area contributed by atoms with Gasteiger partial charge in [-0.15, -0.1) is 6.58 Å². The van der Waals surface area contributed by atoms with Gasteiger partial charge in [0.05, 0.1) is 6.10 Å². The van der Waals surface area contributed by atoms with E-state index in [0.717, 1.165) is 50.5 Å². The van der Waals surface area contributed by atoms with Gasteiger partial charge in [0.25, 0.3) is 0 Å². The highest BCUT2D eigenvalue weighted by Crippen LogP contribution is 2.59. The van der Waals surface area contributed by atoms with E-state index < -0.39 is 6.10 Å². The third-order valence-corrected chi connectivity index (χ3v) is 7.47. The molecule has 0 spiro atoms. The quantitative estimate of drug-likeness (QED) is 0.652. The maximum Gasteiger partial charge on any atom is 0.0748 e. The highest BCUT2D eigenvalue weighted by molar-refractivity contribution is 5.24. The number of rotatable bonds is 1. The first-order valence-corrected chi connectivity index (χ1v) is 8.84. The van der Waals surface area contributed by atoms with Gasteiger partial charge in [0.2, 0.25) is 0 Å². The molecule has 0 saturated heterocycles. The molecule has 0 aromatic heterocycles. The second kappa shape index (κ2) is 5.19. The molecule has 3 fully saturated rings. The highest BCUT2D eigenvalue weighted by atomic mass is 16.3. The fraction of sp³-hybridized carbons (Fsp3) is 0.789. The van der Waals surface area contributed by atoms with Gasteiger partial charge in [-0.1, -0.05) is 26.0 Å². The lowest BCUT2D eigenvalue weighted by Gasteiger charge is -2.63. The second-order valence-corrected chi connectivity index (χ2v) is 8.37. The monoisotopic (exact) mass is 304 g/mol. The summed E-state index contributed by atoms with van der Waals surface area (Å²) in [6.07, 6.45) is 9.55. The number of fused-ring (bicyclic) bond motifs is 3. The normalized spacial score (nSPS) is 52.4. The highest BCUT2D eigenvalue weighted by Gasteiger charge is 2.61. The molecular weight excluding hydrogens is 272 g/mol. The lowest BCUT2D eigenvalue weighted by Crippen LogP contribution is -2.73. The minimum absolute atomic E-state index is 0.0326. The Bertz CT molecular complexity index is 490. The average Bonchev–Trinajstić information content (AvgIpc) is 2.60. The fourth-order valence-corrected chi connectivity index (χ4v) is 5.74. The molecule has 0 bridgehead atoms. The van der Waals surface area contributed by atoms with E-state index in [1.807, 2.05) is 0 Å². The number of hydrogen-bond donors (Lipinski definition) is 3. The van der Waals surface area contributed by atoms with Crippen LogP contribution in [0.15, 0.2) is 24.8 Å². The molecule has 124 valence electrons. The Labute approximate surface area is 134 Å². The third-order valence-electron chi connectivity index (χ3n) is 7.47. The van der Waals surface area contributed by atoms with Crippen LogP contribution in [0.5, 0.6) is 0 Å². The van der Waals surface area contributed by atoms with Crippen LogP contribution >= 0.6 is 0 Å². The van der Waals surface area contributed by atoms with E-state index in [-0.39, 0.29) is 16.5 Å². The summed E-state index contributed by atoms with van der Waals surface area (Å²) in [5.74, 6) is 0.722. The predicted molar refractivity (Wildman–Crippen MR) is 91.2 cm³/mol. The van der Waals surface area contributed by atoms with Crippen LogP contribution < -0.4 is 11.5 Å². The largest absolute Gasteiger partial charge is 0.389 e. The van der Waals surface area contributed by atoms with E-state index in [1.165, 1.54) is 6.42 Å². The zero-order chi connectivity index (χ0) is 16.2. The van der Waals surface area contributed by atoms with Crippen molar-refractivity contribution in [3.8, 4) is 0 Å². The van der Waals surface area contributed by atoms with Crippen LogP contribution in [0.3, 0.4) is 0 Å². The Balaban J connectivity index is 2.00. The van der Waals surface area contributed by atoms with E-state index >= 15 is 0 Å². The minimum Gasteiger partial charge on any atom is -0.389 e. The molecule has 3 heteroatoms. The van der Waals surface area contributed by atoms with Crippen LogP contribution in [0.4, 0.5) is 0 Å². The zero-order valence-corrected chi connectivity index (χ0v) is 14.0. The standard InChI is InChI=1S/C19H32N2O/c1-4-17(3)9-5-6-16-18(20)10-8-15(22)13(2)12-14(18)7-11-19(16,17)21/h4,14-16,22H,1-2,5-12,20-21H2,3H3/t14?,15?,16?,17-,18?,19?/m1/s1. The first-order chi connectivity index (χ1) is 10.3. The maximum absolute atomic E-state index is 10.2. The van der Waals surface area contributed by atoms with Crippen LogP contribution in [-0.2, 0) is 0 Å². The summed E-state index contributed by atoms with van der Waals surface area (Å²) >= 11 is 0. The van der Waals surface area contributed by atoms with E-state index in [4.69, 9.17) is 11.5 Å². The van der Waals surface area contributed by atoms with Crippen molar-refractivity contribution >= 4 is 0 Å². The molecular formula is C19H32N2O. The molecule has 0 aliphatic heterocycles. The summed E-state index contributed by atoms with van der Waals surface area (Å²) in [7, 11) is 0. The molecule has 22 heavy (non-hydrogen) atoms. The molecule has 6 atom stereocenters. The molecule has 3 aliphatic rings. The third kappa shape index (κ3) is 2.05. The maximum atomic E-state index is 10.2. The lowest BCUT2D eigenvalue weighted by atomic mass is 9.46. The Hall–Kier alpha value is -0.640. The summed E-state index contributed by atoms with van der Waals surface area (Å²) in [5, 5.41) is 10.2. The molecule has 0 aromatic carbocycles. The van der Waals surface area contributed by atoms with Gasteiger partial charge < -0.3 is 16.6 Å². The van der Waals surface area contributed by atoms with E-state index in [1.54, 1.807) is 0 Å². The van der Waals surface area contributed by atoms with Crippen molar-refractivity contribution in [1.29, 1.82) is 0 Å². The number of hydrogen-bond acceptors (Lipinski definition) is 3. The molecule has 0 heterocycles. The first-order valence-electron chi connectivity index (χ1n) is 8.84. The Morgan fingerprint density at radius 1 is 1.18 bits per heavy atom. The molecule has 5 unspecified atom stereocenters. The van der Waals surface area contributed by atoms with Gasteiger partial charge in [-0.25, -0.2) is 0 Å². The van der Waals surface area contributed by atoms with Crippen LogP contribution in [0, 0.1) is 17.3 Å². The van der Waals surface area contributed by atoms with Crippen molar-refractivity contribution in [2.45, 2.75) is 75.5 Å². The molecule has 0 aromatic rings. The Kier molecular flexibility index (Phi) is 3.82. The van der Waals surface area contributed by atoms with Crippen LogP contribution in [0.1, 0.15) is 58.3 Å². The molecule has 0 radical (unpaired) electrons. The van der Waals surface area contributed by atoms with Gasteiger partial charge in [0.1, 0.15) is 0 Å². The van der Waals surface area contributed by atoms with Gasteiger partial charge in [-0.05, 0) is 62.4 Å². The van der Waals surface area contributed by atoms with E-state index in [9.17, 15) is 5.11 Å². The van der Waals surface area contributed by atoms with Crippen molar-refractivity contribution in [2.75, 3.05) is 0 Å². The van der Waals surface area contributed by atoms with Crippen molar-refractivity contribution < 1.29 is 5.11 Å². The predicted octanol–water partition coefficient (Wildman–Crippen LogP) is 2.88. The van der Waals surface area contributed by atoms with Crippen molar-refractivity contribution in [3.63, 3.8) is 0 Å². The SMILES string of the molecule is C=C[C@]1(C)CCCC2C3(N)CCC(O)C(=C)CC3CCC21N. The summed E-state index contributed by atoms with van der Waals surface area (Å²) < 4.78 is 0. The van der Waals surface area contributed by atoms with E-state index in [2.05, 4.69) is 26.2 Å². The van der Waals surface area contributed by atoms with Crippen molar-refractivity contribution in [1.82, 2.24) is 0 Å². The van der Waals surface area contributed by atoms with Crippen LogP contribution in [0.2, 0.25) is 0 Å². The second-order valence-electron chi connectivity index (χ2n) is 8.37. The topological polar surface area (TPSA) is 72.3 Å². The Morgan fingerprint density at radius 2 is 1.91 bits per heavy atom. The summed E-state index contributed by atoms with van der Waals surface area (Å²) in [6, 6.07) is 0. The van der Waals surface area contributed by atoms with Gasteiger partial charge in [-0.3, -0.25) is 0 Å². The van der Waals surface area contributed by atoms with Gasteiger partial charge in [-0.2, -0.15) is 0 Å². The molecule has 0 amide bonds. The molecule has 3 saturated carbocycles. The molecule has 3 nitrogen and oxygen atoms in total. The molecule has 3 rings (SSSR count). The number of aliphatic hydroxyl groups excluding tert-OH is 1. The number of nitrogens with two attached hydrogens (primary N) is 2. The first kappa shape index (κ1) is 16.2. The Morgan fingerprint density at radius 3 is 2.59 bits per heavy atom. The van der Waals surface area contributed by atoms with Crippen LogP contribution in [0.25, 0.3) is 0 Å². The fourth-order valence-electron chi connectivity index (χ4n) is 5.74. The number of aliphatic hydroxyl groups is 1. The lowest BCUT2D eigenvalue weighted by molar-refractivity contribution is -0.0527. The smallest absolute Gasteiger partial charge is 0.0748 e. The molecule has 5 N–H and O–H groups in total. The summed E-state index contributed by atoms with van der Waals surface area (Å²) in [4.78, 5) is 0.